The molecule has 0 saturated carbocycles. The van der Waals surface area contributed by atoms with Crippen LogP contribution in [0.25, 0.3) is 0 Å². The summed E-state index contributed by atoms with van der Waals surface area (Å²) in [5.41, 5.74) is 5.76. The van der Waals surface area contributed by atoms with E-state index in [4.69, 9.17) is 9.15 Å². The zero-order valence-corrected chi connectivity index (χ0v) is 13.4. The first-order chi connectivity index (χ1) is 11.4. The first kappa shape index (κ1) is 13.7. The zero-order valence-electron chi connectivity index (χ0n) is 13.4. The molecule has 23 heavy (non-hydrogen) atoms. The van der Waals surface area contributed by atoms with Crippen LogP contribution in [0.15, 0.2) is 34.9 Å². The maximum atomic E-state index is 6.25. The van der Waals surface area contributed by atoms with Crippen LogP contribution in [0.3, 0.4) is 0 Å². The van der Waals surface area contributed by atoms with E-state index in [1.807, 2.05) is 6.07 Å². The molecule has 1 saturated heterocycles. The van der Waals surface area contributed by atoms with E-state index in [1.165, 1.54) is 54.5 Å². The summed E-state index contributed by atoms with van der Waals surface area (Å²) in [5, 5.41) is 3.85. The van der Waals surface area contributed by atoms with E-state index in [2.05, 4.69) is 23.5 Å². The molecule has 1 aliphatic carbocycles. The van der Waals surface area contributed by atoms with E-state index in [0.29, 0.717) is 5.92 Å². The number of benzene rings is 1. The normalized spacial score (nSPS) is 29.1. The summed E-state index contributed by atoms with van der Waals surface area (Å²) in [6.45, 7) is 0.878. The first-order valence-electron chi connectivity index (χ1n) is 8.98. The van der Waals surface area contributed by atoms with Gasteiger partial charge in [0.05, 0.1) is 18.4 Å². The predicted molar refractivity (Wildman–Crippen MR) is 89.6 cm³/mol. The molecule has 3 nitrogen and oxygen atoms in total. The quantitative estimate of drug-likeness (QED) is 0.822. The average Bonchev–Trinajstić information content (AvgIpc) is 3.15. The number of nitrogens with one attached hydrogen (secondary N) is 1. The fourth-order valence-electron chi connectivity index (χ4n) is 4.73. The largest absolute Gasteiger partial charge is 0.467 e. The van der Waals surface area contributed by atoms with Crippen LogP contribution in [-0.2, 0) is 17.6 Å². The summed E-state index contributed by atoms with van der Waals surface area (Å²) >= 11 is 0. The summed E-state index contributed by atoms with van der Waals surface area (Å²) in [5.74, 6) is 1.51. The molecule has 0 unspecified atom stereocenters. The first-order valence-corrected chi connectivity index (χ1v) is 8.98. The van der Waals surface area contributed by atoms with Gasteiger partial charge >= 0.3 is 0 Å². The van der Waals surface area contributed by atoms with Gasteiger partial charge in [0.25, 0.3) is 0 Å². The smallest absolute Gasteiger partial charge is 0.126 e. The third-order valence-electron chi connectivity index (χ3n) is 5.82. The van der Waals surface area contributed by atoms with Gasteiger partial charge in [0.15, 0.2) is 0 Å². The van der Waals surface area contributed by atoms with Crippen molar-refractivity contribution in [2.75, 3.05) is 11.9 Å². The Morgan fingerprint density at radius 1 is 1.04 bits per heavy atom. The third-order valence-corrected chi connectivity index (χ3v) is 5.82. The highest BCUT2D eigenvalue weighted by molar-refractivity contribution is 5.65. The Bertz CT molecular complexity index is 707. The summed E-state index contributed by atoms with van der Waals surface area (Å²) in [6.07, 6.45) is 9.34. The lowest BCUT2D eigenvalue weighted by Crippen LogP contribution is -2.36. The van der Waals surface area contributed by atoms with Crippen LogP contribution in [0.1, 0.15) is 60.3 Å². The lowest BCUT2D eigenvalue weighted by Gasteiger charge is -2.43. The van der Waals surface area contributed by atoms with Crippen LogP contribution in [0.2, 0.25) is 0 Å². The molecule has 3 aliphatic rings. The van der Waals surface area contributed by atoms with E-state index in [-0.39, 0.29) is 12.1 Å². The molecule has 2 aromatic rings. The highest BCUT2D eigenvalue weighted by Gasteiger charge is 2.42. The molecule has 3 heteroatoms. The van der Waals surface area contributed by atoms with Crippen molar-refractivity contribution in [3.05, 3.63) is 53.0 Å². The van der Waals surface area contributed by atoms with Gasteiger partial charge in [0.2, 0.25) is 0 Å². The van der Waals surface area contributed by atoms with E-state index in [1.54, 1.807) is 6.26 Å². The number of furan rings is 1. The van der Waals surface area contributed by atoms with Crippen molar-refractivity contribution in [3.8, 4) is 0 Å². The van der Waals surface area contributed by atoms with Crippen molar-refractivity contribution in [3.63, 3.8) is 0 Å². The number of hydrogen-bond acceptors (Lipinski definition) is 3. The second kappa shape index (κ2) is 5.41. The van der Waals surface area contributed by atoms with Crippen molar-refractivity contribution in [1.29, 1.82) is 0 Å². The molecular weight excluding hydrogens is 286 g/mol. The maximum absolute atomic E-state index is 6.25. The minimum Gasteiger partial charge on any atom is -0.467 e. The monoisotopic (exact) mass is 309 g/mol. The van der Waals surface area contributed by atoms with Crippen molar-refractivity contribution in [2.24, 2.45) is 5.92 Å². The van der Waals surface area contributed by atoms with Gasteiger partial charge in [-0.25, -0.2) is 0 Å². The molecule has 0 spiro atoms. The Morgan fingerprint density at radius 2 is 2.00 bits per heavy atom. The van der Waals surface area contributed by atoms with Gasteiger partial charge in [-0.3, -0.25) is 0 Å². The second-order valence-corrected chi connectivity index (χ2v) is 7.11. The van der Waals surface area contributed by atoms with Crippen LogP contribution in [0.5, 0.6) is 0 Å². The molecule has 1 fully saturated rings. The average molecular weight is 309 g/mol. The Morgan fingerprint density at radius 3 is 2.91 bits per heavy atom. The molecule has 120 valence electrons. The predicted octanol–water partition coefficient (Wildman–Crippen LogP) is 4.79. The van der Waals surface area contributed by atoms with Gasteiger partial charge in [-0.1, -0.05) is 12.1 Å². The molecule has 3 atom stereocenters. The van der Waals surface area contributed by atoms with Crippen molar-refractivity contribution < 1.29 is 9.15 Å². The lowest BCUT2D eigenvalue weighted by molar-refractivity contribution is -0.0402. The van der Waals surface area contributed by atoms with Crippen molar-refractivity contribution in [2.45, 2.75) is 50.7 Å². The van der Waals surface area contributed by atoms with Gasteiger partial charge in [-0.2, -0.15) is 0 Å². The second-order valence-electron chi connectivity index (χ2n) is 7.11. The van der Waals surface area contributed by atoms with Gasteiger partial charge in [-0.15, -0.1) is 0 Å². The summed E-state index contributed by atoms with van der Waals surface area (Å²) in [6, 6.07) is 8.98. The molecule has 0 radical (unpaired) electrons. The van der Waals surface area contributed by atoms with Crippen LogP contribution in [0, 0.1) is 5.92 Å². The van der Waals surface area contributed by atoms with Crippen LogP contribution < -0.4 is 5.32 Å². The molecule has 5 rings (SSSR count). The Kier molecular flexibility index (Phi) is 3.22. The third kappa shape index (κ3) is 2.13. The van der Waals surface area contributed by atoms with Crippen molar-refractivity contribution in [1.82, 2.24) is 0 Å². The van der Waals surface area contributed by atoms with Crippen LogP contribution >= 0.6 is 0 Å². The van der Waals surface area contributed by atoms with Gasteiger partial charge in [0.1, 0.15) is 5.76 Å². The molecule has 0 amide bonds. The molecular formula is C20H23NO2. The van der Waals surface area contributed by atoms with Crippen LogP contribution in [0.4, 0.5) is 5.69 Å². The maximum Gasteiger partial charge on any atom is 0.126 e. The van der Waals surface area contributed by atoms with E-state index < -0.39 is 0 Å². The topological polar surface area (TPSA) is 34.4 Å². The van der Waals surface area contributed by atoms with E-state index in [0.717, 1.165) is 18.8 Å². The Hall–Kier alpha value is -1.74. The molecule has 0 bridgehead atoms. The Balaban J connectivity index is 1.64. The fraction of sp³-hybridized carbons (Fsp3) is 0.500. The number of ether oxygens (including phenoxy) is 1. The van der Waals surface area contributed by atoms with E-state index in [9.17, 15) is 0 Å². The van der Waals surface area contributed by atoms with Crippen LogP contribution in [-0.4, -0.2) is 6.61 Å². The number of hydrogen-bond donors (Lipinski definition) is 1. The SMILES string of the molecule is c1coc([C@@H]2Nc3c(ccc4c3CCCC4)[C@@H]3OCCC[C@H]23)c1. The Labute approximate surface area is 137 Å². The molecule has 2 aliphatic heterocycles. The zero-order chi connectivity index (χ0) is 15.2. The summed E-state index contributed by atoms with van der Waals surface area (Å²) in [4.78, 5) is 0. The standard InChI is InChI=1S/C20H23NO2/c1-2-6-14-13(5-1)9-10-16-18(14)21-19(17-8-4-11-22-17)15-7-3-12-23-20(15)16/h4,8-11,15,19-21H,1-3,5-7,12H2/t15-,19-,20-/m1/s1. The molecule has 3 heterocycles. The van der Waals surface area contributed by atoms with Gasteiger partial charge in [0, 0.05) is 23.8 Å². The number of aryl methyl sites for hydroxylation is 1. The lowest BCUT2D eigenvalue weighted by atomic mass is 9.76. The number of rotatable bonds is 1. The van der Waals surface area contributed by atoms with E-state index >= 15 is 0 Å². The molecule has 1 aromatic heterocycles. The highest BCUT2D eigenvalue weighted by atomic mass is 16.5. The van der Waals surface area contributed by atoms with Crippen molar-refractivity contribution >= 4 is 5.69 Å². The highest BCUT2D eigenvalue weighted by Crippen LogP contribution is 2.51. The van der Waals surface area contributed by atoms with Gasteiger partial charge in [-0.05, 0) is 61.8 Å². The minimum absolute atomic E-state index is 0.210. The molecule has 1 N–H and O–H groups in total. The summed E-state index contributed by atoms with van der Waals surface area (Å²) < 4.78 is 12.0. The number of fused-ring (bicyclic) bond motifs is 5. The fourth-order valence-corrected chi connectivity index (χ4v) is 4.73. The number of anilines is 1. The summed E-state index contributed by atoms with van der Waals surface area (Å²) in [7, 11) is 0. The van der Waals surface area contributed by atoms with Gasteiger partial charge < -0.3 is 14.5 Å². The molecule has 1 aromatic carbocycles. The minimum atomic E-state index is 0.210.